The summed E-state index contributed by atoms with van der Waals surface area (Å²) in [6, 6.07) is 17.0. The van der Waals surface area contributed by atoms with Gasteiger partial charge in [0.1, 0.15) is 5.75 Å². The third-order valence-corrected chi connectivity index (χ3v) is 3.07. The average molecular weight is 270 g/mol. The van der Waals surface area contributed by atoms with Gasteiger partial charge in [0.2, 0.25) is 0 Å². The normalized spacial score (nSPS) is 10.9. The summed E-state index contributed by atoms with van der Waals surface area (Å²) in [5.74, 6) is 0.669. The number of allylic oxidation sites excluding steroid dienone is 1. The third-order valence-electron chi connectivity index (χ3n) is 2.72. The van der Waals surface area contributed by atoms with Crippen molar-refractivity contribution < 1.29 is 4.74 Å². The van der Waals surface area contributed by atoms with Crippen molar-refractivity contribution in [1.82, 2.24) is 0 Å². The van der Waals surface area contributed by atoms with E-state index in [1.54, 1.807) is 19.3 Å². The van der Waals surface area contributed by atoms with Gasteiger partial charge in [0, 0.05) is 10.6 Å². The van der Waals surface area contributed by atoms with Crippen LogP contribution >= 0.6 is 11.6 Å². The number of nitriles is 1. The lowest BCUT2D eigenvalue weighted by Crippen LogP contribution is -1.90. The van der Waals surface area contributed by atoms with E-state index in [9.17, 15) is 5.26 Å². The smallest absolute Gasteiger partial charge is 0.127 e. The average Bonchev–Trinajstić information content (AvgIpc) is 2.46. The highest BCUT2D eigenvalue weighted by atomic mass is 35.5. The van der Waals surface area contributed by atoms with Gasteiger partial charge in [0.15, 0.2) is 0 Å². The van der Waals surface area contributed by atoms with Gasteiger partial charge in [-0.05, 0) is 29.8 Å². The highest BCUT2D eigenvalue weighted by Gasteiger charge is 2.08. The van der Waals surface area contributed by atoms with Crippen LogP contribution in [0.15, 0.2) is 48.5 Å². The Labute approximate surface area is 117 Å². The maximum atomic E-state index is 9.33. The molecule has 0 N–H and O–H groups in total. The monoisotopic (exact) mass is 269 g/mol. The molecule has 0 radical (unpaired) electrons. The largest absolute Gasteiger partial charge is 0.496 e. The van der Waals surface area contributed by atoms with Crippen molar-refractivity contribution in [3.8, 4) is 11.8 Å². The third kappa shape index (κ3) is 2.96. The van der Waals surface area contributed by atoms with Crippen LogP contribution in [-0.4, -0.2) is 7.11 Å². The Balaban J connectivity index is 2.52. The van der Waals surface area contributed by atoms with Crippen molar-refractivity contribution in [1.29, 1.82) is 5.26 Å². The summed E-state index contributed by atoms with van der Waals surface area (Å²) in [4.78, 5) is 0. The summed E-state index contributed by atoms with van der Waals surface area (Å²) < 4.78 is 5.27. The lowest BCUT2D eigenvalue weighted by molar-refractivity contribution is 0.413. The molecule has 0 aliphatic rings. The van der Waals surface area contributed by atoms with Crippen molar-refractivity contribution in [2.75, 3.05) is 7.11 Å². The number of rotatable bonds is 3. The number of hydrogen-bond donors (Lipinski definition) is 0. The summed E-state index contributed by atoms with van der Waals surface area (Å²) in [5.41, 5.74) is 2.09. The Bertz CT molecular complexity index is 656. The SMILES string of the molecule is COc1ccccc1/C(C#N)=C/c1ccccc1Cl. The Hall–Kier alpha value is -2.24. The van der Waals surface area contributed by atoms with Gasteiger partial charge in [-0.2, -0.15) is 5.26 Å². The second-order valence-corrected chi connectivity index (χ2v) is 4.30. The van der Waals surface area contributed by atoms with Gasteiger partial charge in [-0.25, -0.2) is 0 Å². The predicted octanol–water partition coefficient (Wildman–Crippen LogP) is 4.41. The minimum absolute atomic E-state index is 0.519. The molecule has 19 heavy (non-hydrogen) atoms. The second-order valence-electron chi connectivity index (χ2n) is 3.89. The zero-order valence-corrected chi connectivity index (χ0v) is 11.2. The van der Waals surface area contributed by atoms with E-state index >= 15 is 0 Å². The van der Waals surface area contributed by atoms with Crippen LogP contribution < -0.4 is 4.74 Å². The minimum Gasteiger partial charge on any atom is -0.496 e. The molecular weight excluding hydrogens is 258 g/mol. The molecule has 0 aliphatic carbocycles. The van der Waals surface area contributed by atoms with Gasteiger partial charge < -0.3 is 4.74 Å². The van der Waals surface area contributed by atoms with Crippen LogP contribution in [0.2, 0.25) is 5.02 Å². The van der Waals surface area contributed by atoms with Gasteiger partial charge in [-0.3, -0.25) is 0 Å². The first kappa shape index (κ1) is 13.2. The molecule has 3 heteroatoms. The molecule has 94 valence electrons. The number of ether oxygens (including phenoxy) is 1. The minimum atomic E-state index is 0.519. The maximum absolute atomic E-state index is 9.33. The highest BCUT2D eigenvalue weighted by Crippen LogP contribution is 2.28. The first-order valence-corrected chi connectivity index (χ1v) is 6.13. The molecular formula is C16H12ClNO. The molecule has 2 aromatic carbocycles. The van der Waals surface area contributed by atoms with Gasteiger partial charge >= 0.3 is 0 Å². The second kappa shape index (κ2) is 6.08. The van der Waals surface area contributed by atoms with Crippen molar-refractivity contribution in [2.45, 2.75) is 0 Å². The fourth-order valence-corrected chi connectivity index (χ4v) is 1.98. The zero-order chi connectivity index (χ0) is 13.7. The number of nitrogens with zero attached hydrogens (tertiary/aromatic N) is 1. The van der Waals surface area contributed by atoms with E-state index in [-0.39, 0.29) is 0 Å². The van der Waals surface area contributed by atoms with Crippen LogP contribution in [0.5, 0.6) is 5.75 Å². The van der Waals surface area contributed by atoms with Crippen molar-refractivity contribution in [3.63, 3.8) is 0 Å². The van der Waals surface area contributed by atoms with Gasteiger partial charge in [-0.15, -0.1) is 0 Å². The van der Waals surface area contributed by atoms with E-state index in [0.29, 0.717) is 16.3 Å². The van der Waals surface area contributed by atoms with Crippen molar-refractivity contribution in [2.24, 2.45) is 0 Å². The number of methoxy groups -OCH3 is 1. The quantitative estimate of drug-likeness (QED) is 0.611. The molecule has 0 unspecified atom stereocenters. The topological polar surface area (TPSA) is 33.0 Å². The Morgan fingerprint density at radius 1 is 1.16 bits per heavy atom. The molecule has 0 amide bonds. The Kier molecular flexibility index (Phi) is 4.22. The van der Waals surface area contributed by atoms with E-state index in [2.05, 4.69) is 6.07 Å². The van der Waals surface area contributed by atoms with Gasteiger partial charge in [0.05, 0.1) is 18.8 Å². The van der Waals surface area contributed by atoms with Crippen LogP contribution in [-0.2, 0) is 0 Å². The molecule has 0 atom stereocenters. The molecule has 0 heterocycles. The molecule has 0 bridgehead atoms. The molecule has 0 saturated carbocycles. The highest BCUT2D eigenvalue weighted by molar-refractivity contribution is 6.32. The van der Waals surface area contributed by atoms with E-state index in [4.69, 9.17) is 16.3 Å². The number of para-hydroxylation sites is 1. The standard InChI is InChI=1S/C16H12ClNO/c1-19-16-9-5-3-7-14(16)13(11-18)10-12-6-2-4-8-15(12)17/h2-10H,1H3/b13-10+. The van der Waals surface area contributed by atoms with Crippen LogP contribution in [0.3, 0.4) is 0 Å². The van der Waals surface area contributed by atoms with E-state index in [1.165, 1.54) is 0 Å². The molecule has 0 fully saturated rings. The summed E-state index contributed by atoms with van der Waals surface area (Å²) in [7, 11) is 1.59. The van der Waals surface area contributed by atoms with E-state index in [0.717, 1.165) is 11.1 Å². The Morgan fingerprint density at radius 3 is 2.53 bits per heavy atom. The van der Waals surface area contributed by atoms with Crippen LogP contribution in [0.1, 0.15) is 11.1 Å². The molecule has 2 nitrogen and oxygen atoms in total. The van der Waals surface area contributed by atoms with Gasteiger partial charge in [0.25, 0.3) is 0 Å². The fraction of sp³-hybridized carbons (Fsp3) is 0.0625. The molecule has 0 aromatic heterocycles. The maximum Gasteiger partial charge on any atom is 0.127 e. The zero-order valence-electron chi connectivity index (χ0n) is 10.4. The van der Waals surface area contributed by atoms with E-state index < -0.39 is 0 Å². The summed E-state index contributed by atoms with van der Waals surface area (Å²) in [6.07, 6.45) is 1.76. The number of benzene rings is 2. The number of hydrogen-bond acceptors (Lipinski definition) is 2. The van der Waals surface area contributed by atoms with E-state index in [1.807, 2.05) is 42.5 Å². The van der Waals surface area contributed by atoms with Gasteiger partial charge in [-0.1, -0.05) is 41.9 Å². The molecule has 2 rings (SSSR count). The van der Waals surface area contributed by atoms with Crippen LogP contribution in [0.25, 0.3) is 11.6 Å². The first-order valence-electron chi connectivity index (χ1n) is 5.76. The Morgan fingerprint density at radius 2 is 1.84 bits per heavy atom. The lowest BCUT2D eigenvalue weighted by Gasteiger charge is -2.07. The van der Waals surface area contributed by atoms with Crippen LogP contribution in [0.4, 0.5) is 0 Å². The molecule has 0 spiro atoms. The molecule has 0 saturated heterocycles. The summed E-state index contributed by atoms with van der Waals surface area (Å²) in [5, 5.41) is 9.95. The summed E-state index contributed by atoms with van der Waals surface area (Å²) >= 11 is 6.10. The number of halogens is 1. The molecule has 0 aliphatic heterocycles. The van der Waals surface area contributed by atoms with Crippen LogP contribution in [0, 0.1) is 11.3 Å². The fourth-order valence-electron chi connectivity index (χ4n) is 1.79. The van der Waals surface area contributed by atoms with Crippen molar-refractivity contribution >= 4 is 23.3 Å². The lowest BCUT2D eigenvalue weighted by atomic mass is 10.0. The predicted molar refractivity (Wildman–Crippen MR) is 77.9 cm³/mol. The molecule has 2 aromatic rings. The van der Waals surface area contributed by atoms with Crippen molar-refractivity contribution in [3.05, 3.63) is 64.7 Å². The summed E-state index contributed by atoms with van der Waals surface area (Å²) in [6.45, 7) is 0. The first-order chi connectivity index (χ1) is 9.26.